The molecule has 0 saturated carbocycles. The third-order valence-electron chi connectivity index (χ3n) is 1.95. The number of nitrogens with one attached hydrogen (secondary N) is 1. The van der Waals surface area contributed by atoms with E-state index >= 15 is 0 Å². The SMILES string of the molecule is COCC(C)CNc1ccc(I)cc1. The van der Waals surface area contributed by atoms with Crippen LogP contribution in [0.2, 0.25) is 0 Å². The molecule has 0 amide bonds. The normalized spacial score (nSPS) is 12.5. The van der Waals surface area contributed by atoms with Crippen LogP contribution >= 0.6 is 22.6 Å². The second kappa shape index (κ2) is 6.24. The Kier molecular flexibility index (Phi) is 5.25. The maximum absolute atomic E-state index is 5.07. The molecule has 0 aliphatic heterocycles. The van der Waals surface area contributed by atoms with Gasteiger partial charge < -0.3 is 10.1 Å². The predicted molar refractivity (Wildman–Crippen MR) is 68.7 cm³/mol. The topological polar surface area (TPSA) is 21.3 Å². The monoisotopic (exact) mass is 305 g/mol. The third kappa shape index (κ3) is 4.28. The Labute approximate surface area is 99.2 Å². The van der Waals surface area contributed by atoms with Crippen LogP contribution in [0.4, 0.5) is 5.69 Å². The molecule has 0 bridgehead atoms. The summed E-state index contributed by atoms with van der Waals surface area (Å²) >= 11 is 2.30. The number of methoxy groups -OCH3 is 1. The van der Waals surface area contributed by atoms with Crippen molar-refractivity contribution in [1.29, 1.82) is 0 Å². The standard InChI is InChI=1S/C11H16INO/c1-9(8-14-2)7-13-11-5-3-10(12)4-6-11/h3-6,9,13H,7-8H2,1-2H3. The summed E-state index contributed by atoms with van der Waals surface area (Å²) in [6.07, 6.45) is 0. The summed E-state index contributed by atoms with van der Waals surface area (Å²) in [6, 6.07) is 8.40. The highest BCUT2D eigenvalue weighted by Gasteiger charge is 2.00. The summed E-state index contributed by atoms with van der Waals surface area (Å²) in [7, 11) is 1.74. The summed E-state index contributed by atoms with van der Waals surface area (Å²) in [5.41, 5.74) is 1.17. The van der Waals surface area contributed by atoms with Crippen LogP contribution in [0.3, 0.4) is 0 Å². The van der Waals surface area contributed by atoms with E-state index < -0.39 is 0 Å². The fourth-order valence-corrected chi connectivity index (χ4v) is 1.56. The Bertz CT molecular complexity index is 260. The number of halogens is 1. The molecule has 1 atom stereocenters. The first kappa shape index (κ1) is 11.8. The van der Waals surface area contributed by atoms with Crippen molar-refractivity contribution in [2.45, 2.75) is 6.92 Å². The molecule has 0 spiro atoms. The van der Waals surface area contributed by atoms with Crippen LogP contribution in [0.25, 0.3) is 0 Å². The number of ether oxygens (including phenoxy) is 1. The van der Waals surface area contributed by atoms with E-state index in [0.29, 0.717) is 5.92 Å². The molecule has 78 valence electrons. The minimum absolute atomic E-state index is 0.541. The molecule has 0 radical (unpaired) electrons. The number of anilines is 1. The van der Waals surface area contributed by atoms with E-state index in [0.717, 1.165) is 13.2 Å². The summed E-state index contributed by atoms with van der Waals surface area (Å²) in [6.45, 7) is 3.93. The van der Waals surface area contributed by atoms with Crippen LogP contribution in [-0.2, 0) is 4.74 Å². The second-order valence-corrected chi connectivity index (χ2v) is 4.69. The third-order valence-corrected chi connectivity index (χ3v) is 2.67. The van der Waals surface area contributed by atoms with Crippen LogP contribution in [0.15, 0.2) is 24.3 Å². The van der Waals surface area contributed by atoms with E-state index in [2.05, 4.69) is 59.1 Å². The molecule has 3 heteroatoms. The Morgan fingerprint density at radius 2 is 2.00 bits per heavy atom. The molecule has 14 heavy (non-hydrogen) atoms. The quantitative estimate of drug-likeness (QED) is 0.845. The molecule has 0 aliphatic rings. The number of benzene rings is 1. The van der Waals surface area contributed by atoms with Gasteiger partial charge in [-0.15, -0.1) is 0 Å². The van der Waals surface area contributed by atoms with Gasteiger partial charge in [0.25, 0.3) is 0 Å². The Hall–Kier alpha value is -0.290. The molecule has 0 fully saturated rings. The molecule has 0 aliphatic carbocycles. The lowest BCUT2D eigenvalue weighted by Gasteiger charge is -2.12. The van der Waals surface area contributed by atoms with Crippen molar-refractivity contribution in [2.24, 2.45) is 5.92 Å². The van der Waals surface area contributed by atoms with Crippen LogP contribution in [0.1, 0.15) is 6.92 Å². The van der Waals surface area contributed by atoms with Gasteiger partial charge in [-0.3, -0.25) is 0 Å². The minimum atomic E-state index is 0.541. The minimum Gasteiger partial charge on any atom is -0.385 e. The van der Waals surface area contributed by atoms with Crippen LogP contribution in [0.5, 0.6) is 0 Å². The van der Waals surface area contributed by atoms with Gasteiger partial charge in [-0.25, -0.2) is 0 Å². The number of rotatable bonds is 5. The van der Waals surface area contributed by atoms with Gasteiger partial charge in [-0.05, 0) is 52.8 Å². The lowest BCUT2D eigenvalue weighted by atomic mass is 10.2. The van der Waals surface area contributed by atoms with E-state index in [4.69, 9.17) is 4.74 Å². The predicted octanol–water partition coefficient (Wildman–Crippen LogP) is 2.99. The molecule has 1 N–H and O–H groups in total. The summed E-state index contributed by atoms with van der Waals surface area (Å²) in [5.74, 6) is 0.541. The van der Waals surface area contributed by atoms with Crippen molar-refractivity contribution in [3.63, 3.8) is 0 Å². The Morgan fingerprint density at radius 3 is 2.57 bits per heavy atom. The fourth-order valence-electron chi connectivity index (χ4n) is 1.20. The average Bonchev–Trinajstić information content (AvgIpc) is 2.17. The molecule has 0 aromatic heterocycles. The zero-order chi connectivity index (χ0) is 10.4. The van der Waals surface area contributed by atoms with Gasteiger partial charge in [0.1, 0.15) is 0 Å². The lowest BCUT2D eigenvalue weighted by Crippen LogP contribution is -2.15. The van der Waals surface area contributed by atoms with Gasteiger partial charge in [0.05, 0.1) is 6.61 Å². The van der Waals surface area contributed by atoms with Gasteiger partial charge >= 0.3 is 0 Å². The highest BCUT2D eigenvalue weighted by molar-refractivity contribution is 14.1. The van der Waals surface area contributed by atoms with Crippen molar-refractivity contribution in [1.82, 2.24) is 0 Å². The molecule has 1 rings (SSSR count). The van der Waals surface area contributed by atoms with Crippen molar-refractivity contribution in [2.75, 3.05) is 25.6 Å². The van der Waals surface area contributed by atoms with Crippen LogP contribution in [0, 0.1) is 9.49 Å². The van der Waals surface area contributed by atoms with Gasteiger partial charge in [-0.2, -0.15) is 0 Å². The number of hydrogen-bond donors (Lipinski definition) is 1. The van der Waals surface area contributed by atoms with Crippen LogP contribution < -0.4 is 5.32 Å². The summed E-state index contributed by atoms with van der Waals surface area (Å²) in [4.78, 5) is 0. The van der Waals surface area contributed by atoms with Gasteiger partial charge in [0, 0.05) is 22.9 Å². The molecular weight excluding hydrogens is 289 g/mol. The molecule has 1 aromatic rings. The van der Waals surface area contributed by atoms with Gasteiger partial charge in [-0.1, -0.05) is 6.92 Å². The van der Waals surface area contributed by atoms with Crippen molar-refractivity contribution < 1.29 is 4.74 Å². The second-order valence-electron chi connectivity index (χ2n) is 3.45. The molecule has 1 aromatic carbocycles. The largest absolute Gasteiger partial charge is 0.385 e. The smallest absolute Gasteiger partial charge is 0.0504 e. The maximum atomic E-state index is 5.07. The molecular formula is C11H16INO. The Morgan fingerprint density at radius 1 is 1.36 bits per heavy atom. The first-order valence-corrected chi connectivity index (χ1v) is 5.78. The average molecular weight is 305 g/mol. The first-order chi connectivity index (χ1) is 6.72. The molecule has 2 nitrogen and oxygen atoms in total. The first-order valence-electron chi connectivity index (χ1n) is 4.70. The van der Waals surface area contributed by atoms with E-state index in [1.807, 2.05) is 0 Å². The van der Waals surface area contributed by atoms with Crippen molar-refractivity contribution in [3.8, 4) is 0 Å². The molecule has 1 unspecified atom stereocenters. The van der Waals surface area contributed by atoms with Crippen molar-refractivity contribution in [3.05, 3.63) is 27.8 Å². The van der Waals surface area contributed by atoms with Gasteiger partial charge in [0.2, 0.25) is 0 Å². The fraction of sp³-hybridized carbons (Fsp3) is 0.455. The van der Waals surface area contributed by atoms with Gasteiger partial charge in [0.15, 0.2) is 0 Å². The van der Waals surface area contributed by atoms with E-state index in [9.17, 15) is 0 Å². The van der Waals surface area contributed by atoms with Crippen LogP contribution in [-0.4, -0.2) is 20.3 Å². The highest BCUT2D eigenvalue weighted by atomic mass is 127. The van der Waals surface area contributed by atoms with E-state index in [-0.39, 0.29) is 0 Å². The van der Waals surface area contributed by atoms with Crippen molar-refractivity contribution >= 4 is 28.3 Å². The number of hydrogen-bond acceptors (Lipinski definition) is 2. The molecule has 0 saturated heterocycles. The summed E-state index contributed by atoms with van der Waals surface area (Å²) < 4.78 is 6.33. The molecule has 0 heterocycles. The van der Waals surface area contributed by atoms with E-state index in [1.54, 1.807) is 7.11 Å². The van der Waals surface area contributed by atoms with E-state index in [1.165, 1.54) is 9.26 Å². The highest BCUT2D eigenvalue weighted by Crippen LogP contribution is 2.11. The summed E-state index contributed by atoms with van der Waals surface area (Å²) in [5, 5.41) is 3.37. The Balaban J connectivity index is 2.34. The zero-order valence-corrected chi connectivity index (χ0v) is 10.7. The maximum Gasteiger partial charge on any atom is 0.0504 e. The zero-order valence-electron chi connectivity index (χ0n) is 8.59. The lowest BCUT2D eigenvalue weighted by molar-refractivity contribution is 0.164.